The van der Waals surface area contributed by atoms with Gasteiger partial charge in [0.2, 0.25) is 0 Å². The van der Waals surface area contributed by atoms with E-state index in [0.29, 0.717) is 11.7 Å². The highest BCUT2D eigenvalue weighted by Crippen LogP contribution is 2.20. The zero-order valence-electron chi connectivity index (χ0n) is 15.4. The molecular weight excluding hydrogens is 316 g/mol. The third-order valence-electron chi connectivity index (χ3n) is 4.93. The van der Waals surface area contributed by atoms with Crippen LogP contribution in [-0.2, 0) is 13.1 Å². The van der Waals surface area contributed by atoms with Crippen molar-refractivity contribution in [1.29, 1.82) is 0 Å². The largest absolute Gasteiger partial charge is 0.332 e. The average molecular weight is 342 g/mol. The SMILES string of the molecule is CC(C)N1CCCn2nc(C(=O)N(C)C(C)c3ccncn3)cc2C1. The molecule has 0 saturated heterocycles. The first-order chi connectivity index (χ1) is 12.0. The summed E-state index contributed by atoms with van der Waals surface area (Å²) in [6.07, 6.45) is 4.24. The lowest BCUT2D eigenvalue weighted by Gasteiger charge is -2.24. The Balaban J connectivity index is 1.78. The van der Waals surface area contributed by atoms with E-state index in [9.17, 15) is 4.79 Å². The molecule has 0 aromatic carbocycles. The van der Waals surface area contributed by atoms with E-state index in [1.807, 2.05) is 23.7 Å². The lowest BCUT2D eigenvalue weighted by molar-refractivity contribution is 0.0732. The predicted molar refractivity (Wildman–Crippen MR) is 94.9 cm³/mol. The molecule has 0 saturated carbocycles. The van der Waals surface area contributed by atoms with Gasteiger partial charge in [0.25, 0.3) is 5.91 Å². The van der Waals surface area contributed by atoms with Gasteiger partial charge in [-0.05, 0) is 39.3 Å². The van der Waals surface area contributed by atoms with Crippen LogP contribution < -0.4 is 0 Å². The Kier molecular flexibility index (Phi) is 5.13. The second-order valence-electron chi connectivity index (χ2n) is 6.89. The molecule has 3 heterocycles. The maximum atomic E-state index is 12.9. The number of rotatable bonds is 4. The van der Waals surface area contributed by atoms with Crippen LogP contribution >= 0.6 is 0 Å². The topological polar surface area (TPSA) is 67.2 Å². The van der Waals surface area contributed by atoms with Crippen LogP contribution in [0.3, 0.4) is 0 Å². The van der Waals surface area contributed by atoms with E-state index in [0.717, 1.165) is 37.4 Å². The first-order valence-corrected chi connectivity index (χ1v) is 8.81. The average Bonchev–Trinajstić information content (AvgIpc) is 2.91. The molecule has 1 aliphatic rings. The summed E-state index contributed by atoms with van der Waals surface area (Å²) in [4.78, 5) is 25.2. The minimum Gasteiger partial charge on any atom is -0.332 e. The molecule has 2 aromatic heterocycles. The summed E-state index contributed by atoms with van der Waals surface area (Å²) in [5.74, 6) is -0.0808. The number of fused-ring (bicyclic) bond motifs is 1. The Morgan fingerprint density at radius 1 is 1.28 bits per heavy atom. The normalized spacial score (nSPS) is 16.4. The fourth-order valence-corrected chi connectivity index (χ4v) is 3.14. The molecule has 0 spiro atoms. The maximum absolute atomic E-state index is 12.9. The molecule has 7 heteroatoms. The number of aromatic nitrogens is 4. The molecule has 0 aliphatic carbocycles. The Morgan fingerprint density at radius 3 is 2.76 bits per heavy atom. The van der Waals surface area contributed by atoms with Gasteiger partial charge in [0, 0.05) is 38.9 Å². The van der Waals surface area contributed by atoms with Crippen molar-refractivity contribution in [3.63, 3.8) is 0 Å². The Morgan fingerprint density at radius 2 is 2.08 bits per heavy atom. The molecule has 7 nitrogen and oxygen atoms in total. The van der Waals surface area contributed by atoms with Gasteiger partial charge >= 0.3 is 0 Å². The summed E-state index contributed by atoms with van der Waals surface area (Å²) in [5.41, 5.74) is 2.43. The van der Waals surface area contributed by atoms with Gasteiger partial charge < -0.3 is 4.90 Å². The Hall–Kier alpha value is -2.28. The lowest BCUT2D eigenvalue weighted by atomic mass is 10.2. The number of amides is 1. The Bertz CT molecular complexity index is 726. The van der Waals surface area contributed by atoms with Gasteiger partial charge in [-0.25, -0.2) is 9.97 Å². The second kappa shape index (κ2) is 7.31. The van der Waals surface area contributed by atoms with Crippen LogP contribution in [-0.4, -0.2) is 55.1 Å². The van der Waals surface area contributed by atoms with Crippen LogP contribution in [0.15, 0.2) is 24.7 Å². The van der Waals surface area contributed by atoms with Crippen LogP contribution in [0.5, 0.6) is 0 Å². The molecule has 0 N–H and O–H groups in total. The highest BCUT2D eigenvalue weighted by molar-refractivity contribution is 5.92. The van der Waals surface area contributed by atoms with Gasteiger partial charge in [-0.1, -0.05) is 0 Å². The van der Waals surface area contributed by atoms with E-state index in [4.69, 9.17) is 0 Å². The molecular formula is C18H26N6O. The lowest BCUT2D eigenvalue weighted by Crippen LogP contribution is -2.31. The summed E-state index contributed by atoms with van der Waals surface area (Å²) >= 11 is 0. The minimum absolute atomic E-state index is 0.0808. The number of carbonyl (C=O) groups excluding carboxylic acids is 1. The van der Waals surface area contributed by atoms with Gasteiger partial charge in [-0.15, -0.1) is 0 Å². The predicted octanol–water partition coefficient (Wildman–Crippen LogP) is 2.12. The number of hydrogen-bond acceptors (Lipinski definition) is 5. The summed E-state index contributed by atoms with van der Waals surface area (Å²) in [6.45, 7) is 9.13. The smallest absolute Gasteiger partial charge is 0.274 e. The van der Waals surface area contributed by atoms with E-state index in [2.05, 4.69) is 33.8 Å². The van der Waals surface area contributed by atoms with E-state index in [1.54, 1.807) is 18.1 Å². The number of nitrogens with zero attached hydrogens (tertiary/aromatic N) is 6. The summed E-state index contributed by atoms with van der Waals surface area (Å²) in [7, 11) is 1.79. The van der Waals surface area contributed by atoms with E-state index in [1.165, 1.54) is 6.33 Å². The van der Waals surface area contributed by atoms with Gasteiger partial charge in [0.05, 0.1) is 17.4 Å². The van der Waals surface area contributed by atoms with Crippen molar-refractivity contribution in [2.75, 3.05) is 13.6 Å². The number of aryl methyl sites for hydroxylation is 1. The molecule has 0 radical (unpaired) electrons. The van der Waals surface area contributed by atoms with Crippen molar-refractivity contribution in [2.45, 2.75) is 52.4 Å². The summed E-state index contributed by atoms with van der Waals surface area (Å²) < 4.78 is 1.98. The summed E-state index contributed by atoms with van der Waals surface area (Å²) in [6, 6.07) is 4.12. The first kappa shape index (κ1) is 17.5. The first-order valence-electron chi connectivity index (χ1n) is 8.81. The highest BCUT2D eigenvalue weighted by Gasteiger charge is 2.25. The third kappa shape index (κ3) is 3.71. The van der Waals surface area contributed by atoms with Crippen molar-refractivity contribution < 1.29 is 4.79 Å². The van der Waals surface area contributed by atoms with Crippen LogP contribution in [0, 0.1) is 0 Å². The van der Waals surface area contributed by atoms with Crippen molar-refractivity contribution in [1.82, 2.24) is 29.5 Å². The summed E-state index contributed by atoms with van der Waals surface area (Å²) in [5, 5.41) is 4.57. The van der Waals surface area contributed by atoms with E-state index < -0.39 is 0 Å². The molecule has 2 aromatic rings. The molecule has 0 fully saturated rings. The van der Waals surface area contributed by atoms with Crippen LogP contribution in [0.2, 0.25) is 0 Å². The minimum atomic E-state index is -0.135. The van der Waals surface area contributed by atoms with Gasteiger partial charge in [0.1, 0.15) is 6.33 Å². The monoisotopic (exact) mass is 342 g/mol. The molecule has 3 rings (SSSR count). The zero-order valence-corrected chi connectivity index (χ0v) is 15.4. The second-order valence-corrected chi connectivity index (χ2v) is 6.89. The third-order valence-corrected chi connectivity index (χ3v) is 4.93. The Labute approximate surface area is 148 Å². The fraction of sp³-hybridized carbons (Fsp3) is 0.556. The van der Waals surface area contributed by atoms with Crippen LogP contribution in [0.1, 0.15) is 55.1 Å². The standard InChI is InChI=1S/C18H26N6O/c1-13(2)23-8-5-9-24-15(11-23)10-17(21-24)18(25)22(4)14(3)16-6-7-19-12-20-16/h6-7,10,12-14H,5,8-9,11H2,1-4H3. The van der Waals surface area contributed by atoms with Gasteiger partial charge in [-0.2, -0.15) is 5.10 Å². The quantitative estimate of drug-likeness (QED) is 0.851. The molecule has 25 heavy (non-hydrogen) atoms. The molecule has 134 valence electrons. The van der Waals surface area contributed by atoms with Crippen LogP contribution in [0.25, 0.3) is 0 Å². The fourth-order valence-electron chi connectivity index (χ4n) is 3.14. The van der Waals surface area contributed by atoms with Crippen molar-refractivity contribution in [3.05, 3.63) is 41.7 Å². The molecule has 1 unspecified atom stereocenters. The molecule has 1 aliphatic heterocycles. The number of carbonyl (C=O) groups is 1. The van der Waals surface area contributed by atoms with Crippen LogP contribution in [0.4, 0.5) is 0 Å². The van der Waals surface area contributed by atoms with Crippen molar-refractivity contribution in [3.8, 4) is 0 Å². The zero-order chi connectivity index (χ0) is 18.0. The highest BCUT2D eigenvalue weighted by atomic mass is 16.2. The van der Waals surface area contributed by atoms with E-state index in [-0.39, 0.29) is 11.9 Å². The maximum Gasteiger partial charge on any atom is 0.274 e. The van der Waals surface area contributed by atoms with Crippen molar-refractivity contribution in [2.24, 2.45) is 0 Å². The van der Waals surface area contributed by atoms with Crippen molar-refractivity contribution >= 4 is 5.91 Å². The van der Waals surface area contributed by atoms with Gasteiger partial charge in [0.15, 0.2) is 5.69 Å². The number of hydrogen-bond donors (Lipinski definition) is 0. The molecule has 0 bridgehead atoms. The molecule has 1 atom stereocenters. The molecule has 1 amide bonds. The van der Waals surface area contributed by atoms with E-state index >= 15 is 0 Å². The van der Waals surface area contributed by atoms with Gasteiger partial charge in [-0.3, -0.25) is 14.4 Å².